The third-order valence-electron chi connectivity index (χ3n) is 5.61. The van der Waals surface area contributed by atoms with Crippen molar-refractivity contribution in [2.45, 2.75) is 6.54 Å². The number of imidazole rings is 1. The maximum atomic E-state index is 12.6. The Morgan fingerprint density at radius 2 is 1.73 bits per heavy atom. The number of piperazine rings is 1. The van der Waals surface area contributed by atoms with Crippen molar-refractivity contribution in [3.63, 3.8) is 0 Å². The number of fused-ring (bicyclic) bond motifs is 2. The molecule has 2 aromatic carbocycles. The van der Waals surface area contributed by atoms with Crippen molar-refractivity contribution in [3.05, 3.63) is 78.8 Å². The Hall–Kier alpha value is -3.38. The van der Waals surface area contributed by atoms with Crippen molar-refractivity contribution in [2.24, 2.45) is 0 Å². The van der Waals surface area contributed by atoms with Crippen LogP contribution < -0.4 is 4.74 Å². The molecule has 0 aliphatic carbocycles. The summed E-state index contributed by atoms with van der Waals surface area (Å²) in [4.78, 5) is 21.5. The molecule has 1 saturated heterocycles. The summed E-state index contributed by atoms with van der Waals surface area (Å²) in [5, 5.41) is 2.28. The first kappa shape index (κ1) is 18.6. The van der Waals surface area contributed by atoms with Gasteiger partial charge >= 0.3 is 0 Å². The molecule has 5 rings (SSSR count). The van der Waals surface area contributed by atoms with Crippen LogP contribution in [0.2, 0.25) is 0 Å². The number of rotatable bonds is 5. The van der Waals surface area contributed by atoms with Crippen molar-refractivity contribution >= 4 is 22.3 Å². The second-order valence-electron chi connectivity index (χ2n) is 7.65. The zero-order valence-corrected chi connectivity index (χ0v) is 16.8. The Morgan fingerprint density at radius 1 is 0.933 bits per heavy atom. The lowest BCUT2D eigenvalue weighted by Gasteiger charge is -2.34. The molecule has 152 valence electrons. The third-order valence-corrected chi connectivity index (χ3v) is 5.61. The van der Waals surface area contributed by atoms with E-state index >= 15 is 0 Å². The Labute approximate surface area is 175 Å². The highest BCUT2D eigenvalue weighted by molar-refractivity contribution is 5.84. The molecule has 0 unspecified atom stereocenters. The van der Waals surface area contributed by atoms with Gasteiger partial charge in [-0.2, -0.15) is 0 Å². The van der Waals surface area contributed by atoms with Crippen LogP contribution in [0.3, 0.4) is 0 Å². The Morgan fingerprint density at radius 3 is 2.57 bits per heavy atom. The molecule has 0 atom stereocenters. The lowest BCUT2D eigenvalue weighted by Crippen LogP contribution is -2.49. The SMILES string of the molecule is O=C(COc1ccc2ccccc2c1)N1CCN(Cc2cn3ccccc3n2)CC1. The van der Waals surface area contributed by atoms with E-state index in [1.807, 2.05) is 70.1 Å². The first-order valence-electron chi connectivity index (χ1n) is 10.3. The van der Waals surface area contributed by atoms with E-state index in [-0.39, 0.29) is 12.5 Å². The van der Waals surface area contributed by atoms with Gasteiger partial charge in [-0.15, -0.1) is 0 Å². The minimum atomic E-state index is 0.0375. The van der Waals surface area contributed by atoms with Crippen LogP contribution in [-0.4, -0.2) is 57.9 Å². The van der Waals surface area contributed by atoms with Crippen molar-refractivity contribution in [1.29, 1.82) is 0 Å². The standard InChI is InChI=1S/C24H24N4O2/c29-24(18-30-22-9-8-19-5-1-2-6-20(19)15-22)27-13-11-26(12-14-27)16-21-17-28-10-4-3-7-23(28)25-21/h1-10,15,17H,11-14,16,18H2. The summed E-state index contributed by atoms with van der Waals surface area (Å²) in [7, 11) is 0. The second-order valence-corrected chi connectivity index (χ2v) is 7.65. The van der Waals surface area contributed by atoms with Crippen molar-refractivity contribution < 1.29 is 9.53 Å². The smallest absolute Gasteiger partial charge is 0.260 e. The number of benzene rings is 2. The average molecular weight is 400 g/mol. The predicted octanol–water partition coefficient (Wildman–Crippen LogP) is 3.21. The molecule has 30 heavy (non-hydrogen) atoms. The molecular formula is C24H24N4O2. The van der Waals surface area contributed by atoms with E-state index in [1.165, 1.54) is 0 Å². The number of hydrogen-bond donors (Lipinski definition) is 0. The number of nitrogens with zero attached hydrogens (tertiary/aromatic N) is 4. The van der Waals surface area contributed by atoms with Gasteiger partial charge in [-0.3, -0.25) is 9.69 Å². The number of hydrogen-bond acceptors (Lipinski definition) is 4. The van der Waals surface area contributed by atoms with Crippen LogP contribution >= 0.6 is 0 Å². The van der Waals surface area contributed by atoms with Crippen LogP contribution in [-0.2, 0) is 11.3 Å². The number of ether oxygens (including phenoxy) is 1. The molecule has 0 bridgehead atoms. The highest BCUT2D eigenvalue weighted by atomic mass is 16.5. The maximum Gasteiger partial charge on any atom is 0.260 e. The summed E-state index contributed by atoms with van der Waals surface area (Å²) in [6.07, 6.45) is 4.09. The molecule has 6 nitrogen and oxygen atoms in total. The minimum absolute atomic E-state index is 0.0375. The molecule has 3 heterocycles. The van der Waals surface area contributed by atoms with Gasteiger partial charge in [0.15, 0.2) is 6.61 Å². The lowest BCUT2D eigenvalue weighted by atomic mass is 10.1. The summed E-state index contributed by atoms with van der Waals surface area (Å²) in [5.41, 5.74) is 2.02. The zero-order chi connectivity index (χ0) is 20.3. The fourth-order valence-corrected chi connectivity index (χ4v) is 3.94. The van der Waals surface area contributed by atoms with Gasteiger partial charge < -0.3 is 14.0 Å². The minimum Gasteiger partial charge on any atom is -0.484 e. The molecule has 6 heteroatoms. The third kappa shape index (κ3) is 4.00. The summed E-state index contributed by atoms with van der Waals surface area (Å²) in [6, 6.07) is 20.1. The molecule has 0 saturated carbocycles. The van der Waals surface area contributed by atoms with Gasteiger partial charge in [0.1, 0.15) is 11.4 Å². The fourth-order valence-electron chi connectivity index (χ4n) is 3.94. The van der Waals surface area contributed by atoms with Gasteiger partial charge in [0, 0.05) is 45.1 Å². The van der Waals surface area contributed by atoms with E-state index in [0.29, 0.717) is 13.1 Å². The quantitative estimate of drug-likeness (QED) is 0.516. The summed E-state index contributed by atoms with van der Waals surface area (Å²) in [6.45, 7) is 3.99. The average Bonchev–Trinajstić information content (AvgIpc) is 3.20. The zero-order valence-electron chi connectivity index (χ0n) is 16.8. The largest absolute Gasteiger partial charge is 0.484 e. The number of pyridine rings is 1. The molecule has 0 radical (unpaired) electrons. The molecule has 1 aliphatic heterocycles. The van der Waals surface area contributed by atoms with Crippen LogP contribution in [0.25, 0.3) is 16.4 Å². The molecule has 1 aliphatic rings. The van der Waals surface area contributed by atoms with Crippen LogP contribution in [0.1, 0.15) is 5.69 Å². The van der Waals surface area contributed by atoms with Crippen molar-refractivity contribution in [1.82, 2.24) is 19.2 Å². The van der Waals surface area contributed by atoms with Gasteiger partial charge in [-0.25, -0.2) is 4.98 Å². The van der Waals surface area contributed by atoms with Gasteiger partial charge in [-0.05, 0) is 35.0 Å². The molecule has 4 aromatic rings. The topological polar surface area (TPSA) is 50.1 Å². The number of carbonyl (C=O) groups is 1. The molecule has 0 spiro atoms. The van der Waals surface area contributed by atoms with Gasteiger partial charge in [-0.1, -0.05) is 36.4 Å². The highest BCUT2D eigenvalue weighted by Gasteiger charge is 2.22. The molecule has 0 N–H and O–H groups in total. The van der Waals surface area contributed by atoms with E-state index in [0.717, 1.165) is 47.5 Å². The van der Waals surface area contributed by atoms with E-state index in [2.05, 4.69) is 22.1 Å². The van der Waals surface area contributed by atoms with Gasteiger partial charge in [0.2, 0.25) is 0 Å². The molecule has 2 aromatic heterocycles. The van der Waals surface area contributed by atoms with E-state index in [4.69, 9.17) is 4.74 Å². The van der Waals surface area contributed by atoms with E-state index in [9.17, 15) is 4.79 Å². The van der Waals surface area contributed by atoms with E-state index < -0.39 is 0 Å². The Balaban J connectivity index is 1.12. The highest BCUT2D eigenvalue weighted by Crippen LogP contribution is 2.20. The van der Waals surface area contributed by atoms with Crippen molar-refractivity contribution in [3.8, 4) is 5.75 Å². The molecule has 1 amide bonds. The molecule has 1 fully saturated rings. The summed E-state index contributed by atoms with van der Waals surface area (Å²) < 4.78 is 7.81. The van der Waals surface area contributed by atoms with Crippen LogP contribution in [0.5, 0.6) is 5.75 Å². The summed E-state index contributed by atoms with van der Waals surface area (Å²) in [5.74, 6) is 0.767. The predicted molar refractivity (Wildman–Crippen MR) is 116 cm³/mol. The number of amides is 1. The molecular weight excluding hydrogens is 376 g/mol. The lowest BCUT2D eigenvalue weighted by molar-refractivity contribution is -0.135. The van der Waals surface area contributed by atoms with Crippen LogP contribution in [0.15, 0.2) is 73.1 Å². The van der Waals surface area contributed by atoms with Gasteiger partial charge in [0.25, 0.3) is 5.91 Å². The van der Waals surface area contributed by atoms with Crippen molar-refractivity contribution in [2.75, 3.05) is 32.8 Å². The Kier molecular flexibility index (Phi) is 5.07. The van der Waals surface area contributed by atoms with Crippen LogP contribution in [0.4, 0.5) is 0 Å². The van der Waals surface area contributed by atoms with E-state index in [1.54, 1.807) is 0 Å². The van der Waals surface area contributed by atoms with Gasteiger partial charge in [0.05, 0.1) is 5.69 Å². The Bertz CT molecular complexity index is 1140. The maximum absolute atomic E-state index is 12.6. The first-order valence-corrected chi connectivity index (χ1v) is 10.3. The first-order chi connectivity index (χ1) is 14.7. The number of carbonyl (C=O) groups excluding carboxylic acids is 1. The summed E-state index contributed by atoms with van der Waals surface area (Å²) >= 11 is 0. The fraction of sp³-hybridized carbons (Fsp3) is 0.250. The normalized spacial score (nSPS) is 15.0. The van der Waals surface area contributed by atoms with Crippen LogP contribution in [0, 0.1) is 0 Å². The monoisotopic (exact) mass is 400 g/mol. The second kappa shape index (κ2) is 8.16. The number of aromatic nitrogens is 2.